The molecule has 7 heteroatoms. The Kier molecular flexibility index (Phi) is 4.75. The minimum absolute atomic E-state index is 0.0211. The van der Waals surface area contributed by atoms with Crippen molar-refractivity contribution in [3.8, 4) is 5.69 Å². The molecule has 1 atom stereocenters. The number of rotatable bonds is 5. The Morgan fingerprint density at radius 2 is 2.11 bits per heavy atom. The standard InChI is InChI=1S/C21H26N6O/c1-15-6-4-5-7-18(15)27-19-11-21(2,3)10-17(16(19)12-23-27)25-20(28)8-9-26-14-22-13-24-26/h4-7,12-14,17H,8-11H2,1-3H3,(H,25,28)/t17-/m0/s1. The first-order valence-corrected chi connectivity index (χ1v) is 9.67. The molecule has 2 aromatic heterocycles. The molecular formula is C21H26N6O. The Balaban J connectivity index is 1.57. The molecule has 1 amide bonds. The Morgan fingerprint density at radius 3 is 2.86 bits per heavy atom. The van der Waals surface area contributed by atoms with Crippen LogP contribution in [0.1, 0.15) is 49.6 Å². The number of para-hydroxylation sites is 1. The summed E-state index contributed by atoms with van der Waals surface area (Å²) in [4.78, 5) is 16.5. The number of carbonyl (C=O) groups excluding carboxylic acids is 1. The molecule has 2 heterocycles. The molecule has 0 saturated carbocycles. The maximum Gasteiger partial charge on any atom is 0.222 e. The third kappa shape index (κ3) is 3.69. The van der Waals surface area contributed by atoms with Gasteiger partial charge in [-0.3, -0.25) is 9.48 Å². The van der Waals surface area contributed by atoms with E-state index in [-0.39, 0.29) is 17.4 Å². The lowest BCUT2D eigenvalue weighted by molar-refractivity contribution is -0.122. The van der Waals surface area contributed by atoms with Gasteiger partial charge >= 0.3 is 0 Å². The van der Waals surface area contributed by atoms with Crippen molar-refractivity contribution in [1.29, 1.82) is 0 Å². The molecule has 28 heavy (non-hydrogen) atoms. The van der Waals surface area contributed by atoms with Gasteiger partial charge in [-0.15, -0.1) is 0 Å². The fourth-order valence-electron chi connectivity index (χ4n) is 4.01. The SMILES string of the molecule is Cc1ccccc1-n1ncc2c1CC(C)(C)C[C@@H]2NC(=O)CCn1cncn1. The van der Waals surface area contributed by atoms with Gasteiger partial charge in [0.2, 0.25) is 5.91 Å². The number of aryl methyl sites for hydroxylation is 2. The molecule has 0 spiro atoms. The summed E-state index contributed by atoms with van der Waals surface area (Å²) < 4.78 is 3.71. The highest BCUT2D eigenvalue weighted by molar-refractivity contribution is 5.76. The van der Waals surface area contributed by atoms with E-state index < -0.39 is 0 Å². The lowest BCUT2D eigenvalue weighted by Gasteiger charge is -2.36. The van der Waals surface area contributed by atoms with E-state index in [0.717, 1.165) is 24.1 Å². The quantitative estimate of drug-likeness (QED) is 0.740. The van der Waals surface area contributed by atoms with E-state index in [0.29, 0.717) is 13.0 Å². The first kappa shape index (κ1) is 18.4. The van der Waals surface area contributed by atoms with E-state index in [9.17, 15) is 4.79 Å². The van der Waals surface area contributed by atoms with E-state index in [2.05, 4.69) is 53.4 Å². The minimum Gasteiger partial charge on any atom is -0.349 e. The van der Waals surface area contributed by atoms with Gasteiger partial charge in [-0.1, -0.05) is 32.0 Å². The molecule has 0 saturated heterocycles. The number of hydrogen-bond acceptors (Lipinski definition) is 4. The van der Waals surface area contributed by atoms with Crippen molar-refractivity contribution in [2.75, 3.05) is 0 Å². The molecule has 3 aromatic rings. The zero-order valence-corrected chi connectivity index (χ0v) is 16.6. The van der Waals surface area contributed by atoms with Crippen LogP contribution >= 0.6 is 0 Å². The van der Waals surface area contributed by atoms with Crippen molar-refractivity contribution < 1.29 is 4.79 Å². The number of nitrogens with one attached hydrogen (secondary N) is 1. The summed E-state index contributed by atoms with van der Waals surface area (Å²) in [6.45, 7) is 7.12. The summed E-state index contributed by atoms with van der Waals surface area (Å²) in [5, 5.41) is 12.0. The number of carbonyl (C=O) groups is 1. The Bertz CT molecular complexity index is 973. The predicted octanol–water partition coefficient (Wildman–Crippen LogP) is 2.99. The molecule has 0 bridgehead atoms. The van der Waals surface area contributed by atoms with Crippen molar-refractivity contribution in [2.24, 2.45) is 5.41 Å². The van der Waals surface area contributed by atoms with Crippen molar-refractivity contribution in [1.82, 2.24) is 29.9 Å². The van der Waals surface area contributed by atoms with Crippen molar-refractivity contribution in [3.05, 3.63) is 59.9 Å². The molecule has 1 N–H and O–H groups in total. The summed E-state index contributed by atoms with van der Waals surface area (Å²) >= 11 is 0. The van der Waals surface area contributed by atoms with E-state index in [4.69, 9.17) is 0 Å². The monoisotopic (exact) mass is 378 g/mol. The second kappa shape index (κ2) is 7.22. The predicted molar refractivity (Wildman–Crippen MR) is 106 cm³/mol. The van der Waals surface area contributed by atoms with Gasteiger partial charge in [0.25, 0.3) is 0 Å². The third-order valence-electron chi connectivity index (χ3n) is 5.39. The van der Waals surface area contributed by atoms with Gasteiger partial charge < -0.3 is 5.32 Å². The first-order chi connectivity index (χ1) is 13.4. The molecule has 7 nitrogen and oxygen atoms in total. The zero-order chi connectivity index (χ0) is 19.7. The van der Waals surface area contributed by atoms with Crippen LogP contribution in [0.25, 0.3) is 5.69 Å². The third-order valence-corrected chi connectivity index (χ3v) is 5.39. The van der Waals surface area contributed by atoms with Crippen LogP contribution in [0.4, 0.5) is 0 Å². The smallest absolute Gasteiger partial charge is 0.222 e. The van der Waals surface area contributed by atoms with E-state index in [1.54, 1.807) is 11.0 Å². The average molecular weight is 378 g/mol. The minimum atomic E-state index is -0.0280. The largest absolute Gasteiger partial charge is 0.349 e. The molecule has 1 aliphatic carbocycles. The number of amides is 1. The number of nitrogens with zero attached hydrogens (tertiary/aromatic N) is 5. The number of aromatic nitrogens is 5. The summed E-state index contributed by atoms with van der Waals surface area (Å²) in [6, 6.07) is 8.24. The Labute approximate surface area is 164 Å². The van der Waals surface area contributed by atoms with Crippen LogP contribution in [-0.2, 0) is 17.8 Å². The number of benzene rings is 1. The molecule has 0 radical (unpaired) electrons. The van der Waals surface area contributed by atoms with E-state index in [1.165, 1.54) is 17.6 Å². The molecule has 0 unspecified atom stereocenters. The molecule has 146 valence electrons. The van der Waals surface area contributed by atoms with Crippen LogP contribution in [0.5, 0.6) is 0 Å². The fraction of sp³-hybridized carbons (Fsp3) is 0.429. The van der Waals surface area contributed by atoms with Crippen LogP contribution in [0.2, 0.25) is 0 Å². The van der Waals surface area contributed by atoms with Gasteiger partial charge in [-0.05, 0) is 36.8 Å². The van der Waals surface area contributed by atoms with Crippen molar-refractivity contribution in [2.45, 2.75) is 52.6 Å². The van der Waals surface area contributed by atoms with Crippen LogP contribution in [-0.4, -0.2) is 30.5 Å². The summed E-state index contributed by atoms with van der Waals surface area (Å²) in [6.07, 6.45) is 7.23. The highest BCUT2D eigenvalue weighted by Crippen LogP contribution is 2.41. The first-order valence-electron chi connectivity index (χ1n) is 9.67. The normalized spacial score (nSPS) is 17.9. The van der Waals surface area contributed by atoms with Gasteiger partial charge in [0.1, 0.15) is 12.7 Å². The van der Waals surface area contributed by atoms with Gasteiger partial charge in [-0.25, -0.2) is 9.67 Å². The second-order valence-corrected chi connectivity index (χ2v) is 8.32. The summed E-state index contributed by atoms with van der Waals surface area (Å²) in [5.41, 5.74) is 4.67. The second-order valence-electron chi connectivity index (χ2n) is 8.32. The number of hydrogen-bond donors (Lipinski definition) is 1. The van der Waals surface area contributed by atoms with Crippen LogP contribution in [0.15, 0.2) is 43.1 Å². The maximum absolute atomic E-state index is 12.6. The topological polar surface area (TPSA) is 77.6 Å². The highest BCUT2D eigenvalue weighted by atomic mass is 16.1. The molecule has 1 aliphatic rings. The zero-order valence-electron chi connectivity index (χ0n) is 16.6. The lowest BCUT2D eigenvalue weighted by atomic mass is 9.74. The van der Waals surface area contributed by atoms with Gasteiger partial charge in [0.05, 0.1) is 30.2 Å². The molecular weight excluding hydrogens is 352 g/mol. The fourth-order valence-corrected chi connectivity index (χ4v) is 4.01. The average Bonchev–Trinajstić information content (AvgIpc) is 3.29. The summed E-state index contributed by atoms with van der Waals surface area (Å²) in [5.74, 6) is 0.0211. The highest BCUT2D eigenvalue weighted by Gasteiger charge is 2.36. The van der Waals surface area contributed by atoms with E-state index in [1.807, 2.05) is 23.0 Å². The van der Waals surface area contributed by atoms with Gasteiger partial charge in [-0.2, -0.15) is 10.2 Å². The van der Waals surface area contributed by atoms with Crippen molar-refractivity contribution >= 4 is 5.91 Å². The Hall–Kier alpha value is -2.96. The van der Waals surface area contributed by atoms with Crippen LogP contribution in [0.3, 0.4) is 0 Å². The van der Waals surface area contributed by atoms with Crippen LogP contribution < -0.4 is 5.32 Å². The summed E-state index contributed by atoms with van der Waals surface area (Å²) in [7, 11) is 0. The lowest BCUT2D eigenvalue weighted by Crippen LogP contribution is -2.37. The van der Waals surface area contributed by atoms with Gasteiger partial charge in [0.15, 0.2) is 0 Å². The Morgan fingerprint density at radius 1 is 1.29 bits per heavy atom. The van der Waals surface area contributed by atoms with E-state index >= 15 is 0 Å². The number of fused-ring (bicyclic) bond motifs is 1. The van der Waals surface area contributed by atoms with Crippen LogP contribution in [0, 0.1) is 12.3 Å². The molecule has 4 rings (SSSR count). The molecule has 0 fully saturated rings. The molecule has 0 aliphatic heterocycles. The molecule has 1 aromatic carbocycles. The maximum atomic E-state index is 12.6. The van der Waals surface area contributed by atoms with Gasteiger partial charge in [0, 0.05) is 12.0 Å². The van der Waals surface area contributed by atoms with Crippen molar-refractivity contribution in [3.63, 3.8) is 0 Å².